The largest absolute Gasteiger partial charge is 0.335 e. The third-order valence-corrected chi connectivity index (χ3v) is 6.97. The van der Waals surface area contributed by atoms with E-state index in [9.17, 15) is 26.4 Å². The van der Waals surface area contributed by atoms with Crippen molar-refractivity contribution in [2.75, 3.05) is 26.2 Å². The van der Waals surface area contributed by atoms with E-state index in [4.69, 9.17) is 0 Å². The van der Waals surface area contributed by atoms with Crippen LogP contribution in [0.25, 0.3) is 5.65 Å². The number of halogens is 3. The molecule has 2 aromatic heterocycles. The normalized spacial score (nSPS) is 15.7. The minimum atomic E-state index is -4.38. The number of carbonyl (C=O) groups excluding carboxylic acids is 1. The average Bonchev–Trinajstić information content (AvgIpc) is 3.17. The summed E-state index contributed by atoms with van der Waals surface area (Å²) in [4.78, 5) is 17.6. The number of carbonyl (C=O) groups is 1. The highest BCUT2D eigenvalue weighted by Gasteiger charge is 2.34. The summed E-state index contributed by atoms with van der Waals surface area (Å²) in [5.41, 5.74) is 1.75. The van der Waals surface area contributed by atoms with Gasteiger partial charge < -0.3 is 9.30 Å². The van der Waals surface area contributed by atoms with E-state index in [-0.39, 0.29) is 37.8 Å². The van der Waals surface area contributed by atoms with Gasteiger partial charge in [-0.25, -0.2) is 26.6 Å². The maximum absolute atomic E-state index is 14.0. The maximum atomic E-state index is 14.0. The van der Waals surface area contributed by atoms with Gasteiger partial charge in [-0.1, -0.05) is 6.07 Å². The minimum Gasteiger partial charge on any atom is -0.335 e. The van der Waals surface area contributed by atoms with E-state index in [1.54, 1.807) is 16.7 Å². The van der Waals surface area contributed by atoms with Gasteiger partial charge in [0.05, 0.1) is 0 Å². The predicted octanol–water partition coefficient (Wildman–Crippen LogP) is 2.21. The van der Waals surface area contributed by atoms with Crippen LogP contribution in [0.5, 0.6) is 0 Å². The summed E-state index contributed by atoms with van der Waals surface area (Å²) in [6, 6.07) is 6.73. The number of hydrogen-bond donors (Lipinski definition) is 0. The highest BCUT2D eigenvalue weighted by atomic mass is 32.2. The lowest BCUT2D eigenvalue weighted by atomic mass is 10.3. The number of piperazine rings is 1. The molecule has 3 heterocycles. The molecular formula is C19H17F3N4O3S. The Kier molecular flexibility index (Phi) is 5.02. The summed E-state index contributed by atoms with van der Waals surface area (Å²) in [7, 11) is -4.38. The zero-order valence-electron chi connectivity index (χ0n) is 15.8. The zero-order chi connectivity index (χ0) is 21.6. The van der Waals surface area contributed by atoms with Gasteiger partial charge in [0.1, 0.15) is 16.2 Å². The molecule has 0 saturated carbocycles. The number of rotatable bonds is 3. The van der Waals surface area contributed by atoms with E-state index in [0.717, 1.165) is 10.00 Å². The fraction of sp³-hybridized carbons (Fsp3) is 0.263. The molecule has 1 fully saturated rings. The summed E-state index contributed by atoms with van der Waals surface area (Å²) in [5.74, 6) is -5.42. The Labute approximate surface area is 170 Å². The number of nitrogens with zero attached hydrogens (tertiary/aromatic N) is 4. The van der Waals surface area contributed by atoms with Crippen LogP contribution in [0, 0.1) is 24.4 Å². The van der Waals surface area contributed by atoms with Crippen molar-refractivity contribution in [1.82, 2.24) is 18.6 Å². The molecule has 1 saturated heterocycles. The number of amides is 1. The molecular weight excluding hydrogens is 421 g/mol. The van der Waals surface area contributed by atoms with Crippen LogP contribution >= 0.6 is 0 Å². The lowest BCUT2D eigenvalue weighted by Gasteiger charge is -2.33. The summed E-state index contributed by atoms with van der Waals surface area (Å²) < 4.78 is 68.6. The van der Waals surface area contributed by atoms with Crippen molar-refractivity contribution in [2.45, 2.75) is 11.8 Å². The van der Waals surface area contributed by atoms with Gasteiger partial charge in [-0.3, -0.25) is 4.79 Å². The molecule has 4 rings (SSSR count). The van der Waals surface area contributed by atoms with Crippen molar-refractivity contribution in [3.8, 4) is 0 Å². The monoisotopic (exact) mass is 438 g/mol. The maximum Gasteiger partial charge on any atom is 0.274 e. The summed E-state index contributed by atoms with van der Waals surface area (Å²) in [6.45, 7) is 1.76. The van der Waals surface area contributed by atoms with E-state index in [0.29, 0.717) is 17.8 Å². The van der Waals surface area contributed by atoms with Crippen LogP contribution in [0.4, 0.5) is 13.2 Å². The van der Waals surface area contributed by atoms with Gasteiger partial charge in [0.25, 0.3) is 5.91 Å². The predicted molar refractivity (Wildman–Crippen MR) is 101 cm³/mol. The Hall–Kier alpha value is -2.92. The van der Waals surface area contributed by atoms with Crippen LogP contribution in [0.2, 0.25) is 0 Å². The number of hydrogen-bond acceptors (Lipinski definition) is 4. The minimum absolute atomic E-state index is 0.0518. The first-order valence-corrected chi connectivity index (χ1v) is 10.5. The van der Waals surface area contributed by atoms with E-state index < -0.39 is 32.4 Å². The Morgan fingerprint density at radius 3 is 2.37 bits per heavy atom. The number of imidazole rings is 1. The third-order valence-electron chi connectivity index (χ3n) is 5.06. The molecule has 1 aromatic carbocycles. The Morgan fingerprint density at radius 2 is 1.70 bits per heavy atom. The van der Waals surface area contributed by atoms with Crippen LogP contribution in [0.15, 0.2) is 41.4 Å². The summed E-state index contributed by atoms with van der Waals surface area (Å²) in [5, 5.41) is 0. The summed E-state index contributed by atoms with van der Waals surface area (Å²) in [6.07, 6.45) is 1.62. The van der Waals surface area contributed by atoms with Gasteiger partial charge in [0, 0.05) is 38.1 Å². The van der Waals surface area contributed by atoms with E-state index in [1.165, 1.54) is 4.90 Å². The van der Waals surface area contributed by atoms with Crippen LogP contribution in [-0.4, -0.2) is 59.1 Å². The molecule has 3 aromatic rings. The molecule has 0 aliphatic carbocycles. The van der Waals surface area contributed by atoms with Gasteiger partial charge in [0.15, 0.2) is 17.5 Å². The number of benzene rings is 1. The lowest BCUT2D eigenvalue weighted by Crippen LogP contribution is -2.50. The molecule has 0 spiro atoms. The highest BCUT2D eigenvalue weighted by molar-refractivity contribution is 7.89. The first kappa shape index (κ1) is 20.4. The van der Waals surface area contributed by atoms with Crippen molar-refractivity contribution >= 4 is 21.6 Å². The van der Waals surface area contributed by atoms with Crippen molar-refractivity contribution in [3.05, 3.63) is 65.4 Å². The zero-order valence-corrected chi connectivity index (χ0v) is 16.7. The molecule has 0 N–H and O–H groups in total. The second kappa shape index (κ2) is 7.40. The van der Waals surface area contributed by atoms with E-state index in [2.05, 4.69) is 4.98 Å². The summed E-state index contributed by atoms with van der Waals surface area (Å²) >= 11 is 0. The lowest BCUT2D eigenvalue weighted by molar-refractivity contribution is 0.0692. The second-order valence-electron chi connectivity index (χ2n) is 6.89. The Bertz CT molecular complexity index is 1250. The molecule has 158 valence electrons. The first-order chi connectivity index (χ1) is 14.2. The number of aryl methyl sites for hydroxylation is 1. The Balaban J connectivity index is 1.51. The second-order valence-corrected chi connectivity index (χ2v) is 8.80. The third kappa shape index (κ3) is 3.33. The van der Waals surface area contributed by atoms with Crippen LogP contribution in [0.3, 0.4) is 0 Å². The molecule has 0 radical (unpaired) electrons. The van der Waals surface area contributed by atoms with Gasteiger partial charge in [-0.2, -0.15) is 4.31 Å². The Morgan fingerprint density at radius 1 is 1.00 bits per heavy atom. The van der Waals surface area contributed by atoms with Gasteiger partial charge in [0.2, 0.25) is 10.0 Å². The molecule has 30 heavy (non-hydrogen) atoms. The first-order valence-electron chi connectivity index (χ1n) is 9.08. The van der Waals surface area contributed by atoms with Crippen molar-refractivity contribution in [2.24, 2.45) is 0 Å². The molecule has 1 aliphatic heterocycles. The van der Waals surface area contributed by atoms with E-state index in [1.807, 2.05) is 19.1 Å². The molecule has 11 heteroatoms. The molecule has 1 aliphatic rings. The number of aromatic nitrogens is 2. The quantitative estimate of drug-likeness (QED) is 0.588. The SMILES string of the molecule is Cc1cccc2nc(C(=O)N3CCN(S(=O)(=O)c4ccc(F)c(F)c4F)CC3)cn12. The number of fused-ring (bicyclic) bond motifs is 1. The molecule has 0 unspecified atom stereocenters. The van der Waals surface area contributed by atoms with Gasteiger partial charge in [-0.15, -0.1) is 0 Å². The smallest absolute Gasteiger partial charge is 0.274 e. The van der Waals surface area contributed by atoms with Crippen molar-refractivity contribution < 1.29 is 26.4 Å². The van der Waals surface area contributed by atoms with Crippen LogP contribution in [0.1, 0.15) is 16.2 Å². The fourth-order valence-corrected chi connectivity index (χ4v) is 4.87. The van der Waals surface area contributed by atoms with Crippen molar-refractivity contribution in [3.63, 3.8) is 0 Å². The molecule has 1 amide bonds. The number of sulfonamides is 1. The van der Waals surface area contributed by atoms with Gasteiger partial charge in [-0.05, 0) is 31.2 Å². The van der Waals surface area contributed by atoms with E-state index >= 15 is 0 Å². The van der Waals surface area contributed by atoms with Gasteiger partial charge >= 0.3 is 0 Å². The molecule has 0 atom stereocenters. The fourth-order valence-electron chi connectivity index (χ4n) is 3.39. The molecule has 0 bridgehead atoms. The molecule has 7 nitrogen and oxygen atoms in total. The highest BCUT2D eigenvalue weighted by Crippen LogP contribution is 2.24. The average molecular weight is 438 g/mol. The topological polar surface area (TPSA) is 75.0 Å². The number of pyridine rings is 1. The van der Waals surface area contributed by atoms with Crippen molar-refractivity contribution in [1.29, 1.82) is 0 Å². The van der Waals surface area contributed by atoms with Crippen LogP contribution < -0.4 is 0 Å². The van der Waals surface area contributed by atoms with Crippen LogP contribution in [-0.2, 0) is 10.0 Å². The standard InChI is InChI=1S/C19H17F3N4O3S/c1-12-3-2-4-16-23-14(11-26(12)16)19(27)24-7-9-25(10-8-24)30(28,29)15-6-5-13(20)17(21)18(15)22/h2-6,11H,7-10H2,1H3.